The molecule has 11 heteroatoms. The molecule has 176 valence electrons. The molecule has 0 radical (unpaired) electrons. The van der Waals surface area contributed by atoms with Crippen molar-refractivity contribution in [3.05, 3.63) is 46.9 Å². The largest absolute Gasteiger partial charge is 0.458 e. The molecule has 0 aliphatic carbocycles. The van der Waals surface area contributed by atoms with Crippen molar-refractivity contribution in [3.63, 3.8) is 0 Å². The van der Waals surface area contributed by atoms with Gasteiger partial charge < -0.3 is 9.73 Å². The molecule has 33 heavy (non-hydrogen) atoms. The zero-order valence-corrected chi connectivity index (χ0v) is 19.9. The lowest BCUT2D eigenvalue weighted by molar-refractivity contribution is -0.128. The van der Waals surface area contributed by atoms with Crippen molar-refractivity contribution in [2.24, 2.45) is 0 Å². The fraction of sp³-hybridized carbons (Fsp3) is 0.409. The SMILES string of the molecule is CCC(C(=O)NC(C)(C)C)N(C(=O)Cn1nnc(-c2ccc(C)o2)n1)c1ccc(F)c(Cl)c1. The van der Waals surface area contributed by atoms with Gasteiger partial charge in [0.2, 0.25) is 11.7 Å². The van der Waals surface area contributed by atoms with Crippen molar-refractivity contribution in [2.45, 2.75) is 59.2 Å². The molecule has 1 aromatic carbocycles. The second-order valence-electron chi connectivity index (χ2n) is 8.58. The van der Waals surface area contributed by atoms with E-state index in [0.717, 1.165) is 10.9 Å². The topological polar surface area (TPSA) is 106 Å². The summed E-state index contributed by atoms with van der Waals surface area (Å²) in [6.07, 6.45) is 0.310. The van der Waals surface area contributed by atoms with Crippen LogP contribution in [0.25, 0.3) is 11.6 Å². The number of aryl methyl sites for hydroxylation is 1. The monoisotopic (exact) mass is 476 g/mol. The van der Waals surface area contributed by atoms with E-state index < -0.39 is 23.3 Å². The highest BCUT2D eigenvalue weighted by molar-refractivity contribution is 6.31. The lowest BCUT2D eigenvalue weighted by Gasteiger charge is -2.33. The minimum atomic E-state index is -0.867. The number of rotatable bonds is 7. The predicted octanol–water partition coefficient (Wildman–Crippen LogP) is 3.76. The summed E-state index contributed by atoms with van der Waals surface area (Å²) in [6, 6.07) is 6.47. The van der Waals surface area contributed by atoms with Crippen LogP contribution in [-0.2, 0) is 16.1 Å². The Balaban J connectivity index is 1.92. The molecular formula is C22H26ClFN6O3. The number of nitrogens with one attached hydrogen (secondary N) is 1. The third-order valence-electron chi connectivity index (χ3n) is 4.64. The molecule has 0 fully saturated rings. The molecule has 0 aliphatic heterocycles. The Morgan fingerprint density at radius 1 is 1.27 bits per heavy atom. The molecule has 9 nitrogen and oxygen atoms in total. The van der Waals surface area contributed by atoms with Crippen molar-refractivity contribution in [3.8, 4) is 11.6 Å². The number of carbonyl (C=O) groups excluding carboxylic acids is 2. The van der Waals surface area contributed by atoms with E-state index in [2.05, 4.69) is 20.7 Å². The first-order valence-corrected chi connectivity index (χ1v) is 10.8. The summed E-state index contributed by atoms with van der Waals surface area (Å²) >= 11 is 5.97. The van der Waals surface area contributed by atoms with Crippen LogP contribution in [0.2, 0.25) is 5.02 Å². The van der Waals surface area contributed by atoms with Gasteiger partial charge in [-0.05, 0) is 69.7 Å². The van der Waals surface area contributed by atoms with E-state index in [9.17, 15) is 14.0 Å². The molecular weight excluding hydrogens is 451 g/mol. The predicted molar refractivity (Wildman–Crippen MR) is 121 cm³/mol. The average Bonchev–Trinajstić information content (AvgIpc) is 3.35. The van der Waals surface area contributed by atoms with Gasteiger partial charge in [0.1, 0.15) is 24.2 Å². The summed E-state index contributed by atoms with van der Waals surface area (Å²) in [5.41, 5.74) is -0.229. The van der Waals surface area contributed by atoms with Crippen LogP contribution in [0.1, 0.15) is 39.9 Å². The van der Waals surface area contributed by atoms with Gasteiger partial charge in [0, 0.05) is 11.2 Å². The molecule has 3 rings (SSSR count). The van der Waals surface area contributed by atoms with Gasteiger partial charge in [0.15, 0.2) is 5.76 Å². The minimum Gasteiger partial charge on any atom is -0.458 e. The number of aromatic nitrogens is 4. The Hall–Kier alpha value is -3.27. The number of amides is 2. The lowest BCUT2D eigenvalue weighted by atomic mass is 10.1. The molecule has 2 aromatic heterocycles. The summed E-state index contributed by atoms with van der Waals surface area (Å²) in [6.45, 7) is 8.79. The molecule has 1 atom stereocenters. The summed E-state index contributed by atoms with van der Waals surface area (Å²) < 4.78 is 19.3. The molecule has 2 amide bonds. The molecule has 0 bridgehead atoms. The van der Waals surface area contributed by atoms with Crippen molar-refractivity contribution in [1.29, 1.82) is 0 Å². The van der Waals surface area contributed by atoms with E-state index in [1.165, 1.54) is 17.0 Å². The molecule has 1 N–H and O–H groups in total. The molecule has 0 aliphatic rings. The molecule has 0 saturated heterocycles. The normalized spacial score (nSPS) is 12.5. The van der Waals surface area contributed by atoms with Crippen LogP contribution in [0, 0.1) is 12.7 Å². The number of nitrogens with zero attached hydrogens (tertiary/aromatic N) is 5. The van der Waals surface area contributed by atoms with E-state index in [1.54, 1.807) is 26.0 Å². The average molecular weight is 477 g/mol. The first kappa shape index (κ1) is 24.4. The summed E-state index contributed by atoms with van der Waals surface area (Å²) in [7, 11) is 0. The highest BCUT2D eigenvalue weighted by Gasteiger charge is 2.32. The number of carbonyl (C=O) groups is 2. The van der Waals surface area contributed by atoms with Gasteiger partial charge in [-0.25, -0.2) is 4.39 Å². The second kappa shape index (κ2) is 9.70. The zero-order chi connectivity index (χ0) is 24.3. The number of anilines is 1. The van der Waals surface area contributed by atoms with E-state index in [0.29, 0.717) is 17.9 Å². The highest BCUT2D eigenvalue weighted by Crippen LogP contribution is 2.26. The maximum Gasteiger partial charge on any atom is 0.251 e. The Bertz CT molecular complexity index is 1150. The third-order valence-corrected chi connectivity index (χ3v) is 4.93. The van der Waals surface area contributed by atoms with E-state index in [1.807, 2.05) is 20.8 Å². The molecule has 2 heterocycles. The van der Waals surface area contributed by atoms with Crippen LogP contribution < -0.4 is 10.2 Å². The Morgan fingerprint density at radius 3 is 2.58 bits per heavy atom. The second-order valence-corrected chi connectivity index (χ2v) is 8.99. The van der Waals surface area contributed by atoms with Crippen LogP contribution in [0.15, 0.2) is 34.7 Å². The van der Waals surface area contributed by atoms with Gasteiger partial charge in [-0.3, -0.25) is 14.5 Å². The summed E-state index contributed by atoms with van der Waals surface area (Å²) in [4.78, 5) is 28.8. The maximum absolute atomic E-state index is 13.8. The van der Waals surface area contributed by atoms with Crippen LogP contribution in [0.3, 0.4) is 0 Å². The first-order chi connectivity index (χ1) is 15.5. The Kier molecular flexibility index (Phi) is 7.16. The van der Waals surface area contributed by atoms with Crippen molar-refractivity contribution in [2.75, 3.05) is 4.90 Å². The first-order valence-electron chi connectivity index (χ1n) is 10.4. The third kappa shape index (κ3) is 5.95. The number of hydrogen-bond donors (Lipinski definition) is 1. The van der Waals surface area contributed by atoms with Gasteiger partial charge in [-0.2, -0.15) is 4.80 Å². The van der Waals surface area contributed by atoms with Crippen LogP contribution >= 0.6 is 11.6 Å². The Labute approximate surface area is 195 Å². The van der Waals surface area contributed by atoms with Crippen LogP contribution in [0.4, 0.5) is 10.1 Å². The Morgan fingerprint density at radius 2 is 2.00 bits per heavy atom. The van der Waals surface area contributed by atoms with Gasteiger partial charge in [0.25, 0.3) is 5.91 Å². The van der Waals surface area contributed by atoms with Crippen molar-refractivity contribution in [1.82, 2.24) is 25.5 Å². The maximum atomic E-state index is 13.8. The van der Waals surface area contributed by atoms with E-state index in [4.69, 9.17) is 16.0 Å². The highest BCUT2D eigenvalue weighted by atomic mass is 35.5. The molecule has 1 unspecified atom stereocenters. The minimum absolute atomic E-state index is 0.161. The quantitative estimate of drug-likeness (QED) is 0.556. The molecule has 3 aromatic rings. The van der Waals surface area contributed by atoms with Crippen molar-refractivity contribution < 1.29 is 18.4 Å². The lowest BCUT2D eigenvalue weighted by Crippen LogP contribution is -2.54. The van der Waals surface area contributed by atoms with Gasteiger partial charge in [0.05, 0.1) is 5.02 Å². The van der Waals surface area contributed by atoms with Crippen LogP contribution in [-0.4, -0.2) is 43.6 Å². The van der Waals surface area contributed by atoms with E-state index in [-0.39, 0.29) is 29.0 Å². The fourth-order valence-corrected chi connectivity index (χ4v) is 3.41. The molecule has 0 saturated carbocycles. The van der Waals surface area contributed by atoms with Gasteiger partial charge in [-0.15, -0.1) is 10.2 Å². The number of hydrogen-bond acceptors (Lipinski definition) is 6. The smallest absolute Gasteiger partial charge is 0.251 e. The number of benzene rings is 1. The molecule has 0 spiro atoms. The number of halogens is 2. The fourth-order valence-electron chi connectivity index (χ4n) is 3.23. The zero-order valence-electron chi connectivity index (χ0n) is 19.1. The number of furan rings is 1. The number of tetrazole rings is 1. The summed E-state index contributed by atoms with van der Waals surface area (Å²) in [5.74, 6) is -0.136. The van der Waals surface area contributed by atoms with Crippen LogP contribution in [0.5, 0.6) is 0 Å². The van der Waals surface area contributed by atoms with Gasteiger partial charge in [-0.1, -0.05) is 18.5 Å². The van der Waals surface area contributed by atoms with Gasteiger partial charge >= 0.3 is 0 Å². The van der Waals surface area contributed by atoms with Crippen molar-refractivity contribution >= 4 is 29.1 Å². The summed E-state index contributed by atoms with van der Waals surface area (Å²) in [5, 5.41) is 14.8. The standard InChI is InChI=1S/C22H26ClFN6O3/c1-6-17(21(32)25-22(3,4)5)30(14-8-9-16(24)15(23)11-14)19(31)12-29-27-20(26-28-29)18-10-7-13(2)33-18/h7-11,17H,6,12H2,1-5H3,(H,25,32). The van der Waals surface area contributed by atoms with E-state index >= 15 is 0 Å².